The van der Waals surface area contributed by atoms with E-state index in [0.717, 1.165) is 36.4 Å². The zero-order chi connectivity index (χ0) is 26.3. The zero-order valence-electron chi connectivity index (χ0n) is 19.9. The standard InChI is InChI=1S/C22H26N8O5S2/c1-28-6-4-12(7-28)11-3-2-5-29(8-11)9-13-10-36-20-15(19(32)30(20)16(13)21(33)34)24-18(31)14(26-35)17-25-22(23)37-27-17/h2-3,5,8,12,15,20,22H,4,6-7,9-10,23H2,1H3,(H3-,24,25,27,31,33,34,35)/t12?,15-,20?,22?/m1/s1. The number of amidine groups is 1. The molecule has 5 N–H and O–H groups in total. The lowest BCUT2D eigenvalue weighted by Gasteiger charge is -2.50. The molecule has 0 bridgehead atoms. The number of carbonyl (C=O) groups is 3. The Balaban J connectivity index is 1.31. The number of rotatable bonds is 7. The number of carboxylic acids is 1. The molecule has 4 aliphatic heterocycles. The van der Waals surface area contributed by atoms with Crippen LogP contribution >= 0.6 is 23.7 Å². The quantitative estimate of drug-likeness (QED) is 0.0714. The van der Waals surface area contributed by atoms with Gasteiger partial charge >= 0.3 is 0 Å². The minimum Gasteiger partial charge on any atom is -0.543 e. The van der Waals surface area contributed by atoms with Crippen LogP contribution in [0.25, 0.3) is 0 Å². The molecule has 15 heteroatoms. The van der Waals surface area contributed by atoms with Gasteiger partial charge in [0.05, 0.1) is 11.7 Å². The number of carbonyl (C=O) groups excluding carboxylic acids is 3. The van der Waals surface area contributed by atoms with Crippen LogP contribution in [0.1, 0.15) is 17.9 Å². The number of nitrogens with one attached hydrogen (secondary N) is 2. The summed E-state index contributed by atoms with van der Waals surface area (Å²) >= 11 is 2.37. The number of fused-ring (bicyclic) bond motifs is 1. The molecule has 0 aliphatic carbocycles. The first-order valence-electron chi connectivity index (χ1n) is 11.6. The van der Waals surface area contributed by atoms with Crippen molar-refractivity contribution in [3.05, 3.63) is 41.4 Å². The van der Waals surface area contributed by atoms with Gasteiger partial charge in [0.25, 0.3) is 11.8 Å². The second-order valence-corrected chi connectivity index (χ2v) is 11.2. The van der Waals surface area contributed by atoms with Gasteiger partial charge in [-0.25, -0.2) is 9.56 Å². The Kier molecular flexibility index (Phi) is 7.11. The minimum absolute atomic E-state index is 0.0152. The van der Waals surface area contributed by atoms with E-state index in [0.29, 0.717) is 23.8 Å². The summed E-state index contributed by atoms with van der Waals surface area (Å²) in [5.41, 5.74) is 6.12. The maximum atomic E-state index is 13.0. The molecule has 5 heterocycles. The van der Waals surface area contributed by atoms with Gasteiger partial charge in [0, 0.05) is 35.4 Å². The summed E-state index contributed by atoms with van der Waals surface area (Å²) in [6.45, 7) is 2.31. The summed E-state index contributed by atoms with van der Waals surface area (Å²) in [4.78, 5) is 45.2. The lowest BCUT2D eigenvalue weighted by atomic mass is 10.00. The number of oxime groups is 1. The number of aliphatic carboxylic acids is 1. The lowest BCUT2D eigenvalue weighted by molar-refractivity contribution is -0.689. The minimum atomic E-state index is -1.44. The summed E-state index contributed by atoms with van der Waals surface area (Å²) < 4.78 is 4.61. The Bertz CT molecular complexity index is 1240. The summed E-state index contributed by atoms with van der Waals surface area (Å²) in [5, 5.41) is 26.3. The largest absolute Gasteiger partial charge is 0.543 e. The smallest absolute Gasteiger partial charge is 0.277 e. The van der Waals surface area contributed by atoms with Crippen LogP contribution in [0, 0.1) is 0 Å². The zero-order valence-corrected chi connectivity index (χ0v) is 21.5. The second kappa shape index (κ2) is 10.3. The number of hydrogen-bond acceptors (Lipinski definition) is 12. The number of aromatic nitrogens is 1. The third-order valence-electron chi connectivity index (χ3n) is 6.72. The number of amides is 2. The number of likely N-dealkylation sites (tertiary alicyclic amines) is 1. The Morgan fingerprint density at radius 3 is 2.92 bits per heavy atom. The molecule has 0 saturated carbocycles. The molecule has 13 nitrogen and oxygen atoms in total. The molecule has 1 aromatic heterocycles. The number of β-lactam (4-membered cyclic amide) rings is 1. The van der Waals surface area contributed by atoms with Crippen LogP contribution in [-0.2, 0) is 20.9 Å². The van der Waals surface area contributed by atoms with Crippen molar-refractivity contribution in [2.24, 2.45) is 15.9 Å². The van der Waals surface area contributed by atoms with E-state index < -0.39 is 40.4 Å². The molecule has 0 aromatic carbocycles. The SMILES string of the molecule is CN1CCC(c2ccc[n+](CC3=C(C(=O)[O-])N4C(=O)[C@@H](NC(=O)/C(=N\O)C5=NC(N)SN5)C4SC3)c2)C1. The van der Waals surface area contributed by atoms with E-state index in [2.05, 4.69) is 38.2 Å². The number of nitrogens with two attached hydrogens (primary N) is 1. The summed E-state index contributed by atoms with van der Waals surface area (Å²) in [6, 6.07) is 3.03. The van der Waals surface area contributed by atoms with Crippen molar-refractivity contribution in [2.75, 3.05) is 25.9 Å². The topological polar surface area (TPSA) is 180 Å². The molecule has 3 unspecified atom stereocenters. The van der Waals surface area contributed by atoms with E-state index in [1.54, 1.807) is 0 Å². The van der Waals surface area contributed by atoms with E-state index in [4.69, 9.17) is 5.73 Å². The van der Waals surface area contributed by atoms with Crippen molar-refractivity contribution >= 4 is 53.0 Å². The Labute approximate surface area is 221 Å². The number of nitrogens with zero attached hydrogens (tertiary/aromatic N) is 5. The van der Waals surface area contributed by atoms with Crippen molar-refractivity contribution in [3.8, 4) is 0 Å². The highest BCUT2D eigenvalue weighted by Gasteiger charge is 2.53. The van der Waals surface area contributed by atoms with E-state index in [-0.39, 0.29) is 11.5 Å². The van der Waals surface area contributed by atoms with Crippen molar-refractivity contribution in [2.45, 2.75) is 35.8 Å². The molecule has 196 valence electrons. The average Bonchev–Trinajstić information content (AvgIpc) is 3.51. The maximum absolute atomic E-state index is 13.0. The number of carboxylic acid groups (broad SMARTS) is 1. The Morgan fingerprint density at radius 1 is 1.46 bits per heavy atom. The summed E-state index contributed by atoms with van der Waals surface area (Å²) in [6.07, 6.45) is 4.97. The Hall–Kier alpha value is -3.14. The normalized spacial score (nSPS) is 27.9. The van der Waals surface area contributed by atoms with E-state index in [1.807, 2.05) is 23.0 Å². The van der Waals surface area contributed by atoms with Crippen LogP contribution in [0.4, 0.5) is 0 Å². The van der Waals surface area contributed by atoms with Crippen molar-refractivity contribution in [1.29, 1.82) is 0 Å². The van der Waals surface area contributed by atoms with Gasteiger partial charge in [-0.1, -0.05) is 5.16 Å². The van der Waals surface area contributed by atoms with Crippen molar-refractivity contribution < 1.29 is 29.3 Å². The first-order chi connectivity index (χ1) is 17.8. The monoisotopic (exact) mass is 546 g/mol. The van der Waals surface area contributed by atoms with Gasteiger partial charge in [-0.2, -0.15) is 0 Å². The molecule has 5 rings (SSSR count). The molecule has 4 aliphatic rings. The van der Waals surface area contributed by atoms with Gasteiger partial charge in [0.1, 0.15) is 11.4 Å². The highest BCUT2D eigenvalue weighted by atomic mass is 32.2. The third kappa shape index (κ3) is 4.91. The Morgan fingerprint density at radius 2 is 2.27 bits per heavy atom. The number of likely N-dealkylation sites (N-methyl/N-ethyl adjacent to an activating group) is 1. The first kappa shape index (κ1) is 25.5. The molecule has 37 heavy (non-hydrogen) atoms. The molecular weight excluding hydrogens is 520 g/mol. The number of hydrogen-bond donors (Lipinski definition) is 4. The lowest BCUT2D eigenvalue weighted by Crippen LogP contribution is -2.72. The number of thioether (sulfide) groups is 1. The summed E-state index contributed by atoms with van der Waals surface area (Å²) in [5.74, 6) is -2.12. The molecule has 2 saturated heterocycles. The molecule has 2 fully saturated rings. The van der Waals surface area contributed by atoms with E-state index in [9.17, 15) is 24.7 Å². The van der Waals surface area contributed by atoms with E-state index >= 15 is 0 Å². The molecule has 0 spiro atoms. The molecule has 1 aromatic rings. The van der Waals surface area contributed by atoms with Crippen LogP contribution in [0.5, 0.6) is 0 Å². The fourth-order valence-electron chi connectivity index (χ4n) is 4.92. The van der Waals surface area contributed by atoms with Crippen LogP contribution in [0.15, 0.2) is 45.9 Å². The average molecular weight is 547 g/mol. The van der Waals surface area contributed by atoms with E-state index in [1.165, 1.54) is 17.3 Å². The predicted molar refractivity (Wildman–Crippen MR) is 134 cm³/mol. The van der Waals surface area contributed by atoms with Crippen molar-refractivity contribution in [3.63, 3.8) is 0 Å². The molecule has 4 atom stereocenters. The highest BCUT2D eigenvalue weighted by Crippen LogP contribution is 2.40. The number of pyridine rings is 1. The fourth-order valence-corrected chi connectivity index (χ4v) is 6.79. The second-order valence-electron chi connectivity index (χ2n) is 9.19. The van der Waals surface area contributed by atoms with Gasteiger partial charge in [-0.15, -0.1) is 11.8 Å². The van der Waals surface area contributed by atoms with Gasteiger partial charge < -0.3 is 30.0 Å². The van der Waals surface area contributed by atoms with Crippen LogP contribution in [0.3, 0.4) is 0 Å². The summed E-state index contributed by atoms with van der Waals surface area (Å²) in [7, 11) is 2.09. The van der Waals surface area contributed by atoms with Gasteiger partial charge in [-0.05, 0) is 38.0 Å². The van der Waals surface area contributed by atoms with Crippen LogP contribution in [-0.4, -0.2) is 87.1 Å². The van der Waals surface area contributed by atoms with Crippen LogP contribution in [0.2, 0.25) is 0 Å². The molecule has 0 radical (unpaired) electrons. The fraction of sp³-hybridized carbons (Fsp3) is 0.455. The third-order valence-corrected chi connectivity index (χ3v) is 8.71. The maximum Gasteiger partial charge on any atom is 0.277 e. The van der Waals surface area contributed by atoms with Gasteiger partial charge in [0.15, 0.2) is 30.3 Å². The number of aliphatic imine (C=N–C) groups is 1. The first-order valence-corrected chi connectivity index (χ1v) is 13.5. The highest BCUT2D eigenvalue weighted by molar-refractivity contribution is 8.00. The predicted octanol–water partition coefficient (Wildman–Crippen LogP) is -2.48. The van der Waals surface area contributed by atoms with Gasteiger partial charge in [0.2, 0.25) is 5.71 Å². The molecular formula is C22H26N8O5S2. The van der Waals surface area contributed by atoms with Gasteiger partial charge in [-0.3, -0.25) is 20.2 Å². The molecule has 2 amide bonds. The van der Waals surface area contributed by atoms with Crippen molar-refractivity contribution in [1.82, 2.24) is 19.8 Å². The van der Waals surface area contributed by atoms with Crippen LogP contribution < -0.4 is 25.4 Å².